The Morgan fingerprint density at radius 3 is 2.86 bits per heavy atom. The van der Waals surface area contributed by atoms with Crippen molar-refractivity contribution in [2.45, 2.75) is 58.1 Å². The third kappa shape index (κ3) is 1.72. The van der Waals surface area contributed by atoms with E-state index in [1.807, 2.05) is 6.08 Å². The summed E-state index contributed by atoms with van der Waals surface area (Å²) in [6.45, 7) is 4.77. The van der Waals surface area contributed by atoms with E-state index in [0.717, 1.165) is 6.42 Å². The van der Waals surface area contributed by atoms with Gasteiger partial charge in [-0.25, -0.2) is 0 Å². The summed E-state index contributed by atoms with van der Waals surface area (Å²) in [5.41, 5.74) is 9.99. The lowest BCUT2D eigenvalue weighted by molar-refractivity contribution is 0.0497. The minimum atomic E-state index is -0.231. The Bertz CT molecular complexity index is 560. The van der Waals surface area contributed by atoms with E-state index < -0.39 is 0 Å². The summed E-state index contributed by atoms with van der Waals surface area (Å²) in [5, 5.41) is 9.96. The third-order valence-electron chi connectivity index (χ3n) is 7.14. The molecule has 0 aromatic carbocycles. The molecule has 1 saturated carbocycles. The van der Waals surface area contributed by atoms with Crippen LogP contribution in [-0.2, 0) is 0 Å². The Hall–Kier alpha value is -0.860. The Balaban J connectivity index is 1.79. The van der Waals surface area contributed by atoms with Crippen LogP contribution in [0.25, 0.3) is 0 Å². The van der Waals surface area contributed by atoms with Gasteiger partial charge in [-0.05, 0) is 54.9 Å². The topological polar surface area (TPSA) is 46.2 Å². The van der Waals surface area contributed by atoms with E-state index in [9.17, 15) is 5.11 Å². The number of aliphatic hydroxyl groups excluding tert-OH is 1. The van der Waals surface area contributed by atoms with Gasteiger partial charge in [0.2, 0.25) is 0 Å². The van der Waals surface area contributed by atoms with Crippen molar-refractivity contribution in [2.75, 3.05) is 0 Å². The second-order valence-corrected chi connectivity index (χ2v) is 8.10. The van der Waals surface area contributed by atoms with Crippen molar-refractivity contribution >= 4 is 0 Å². The lowest BCUT2D eigenvalue weighted by atomic mass is 9.51. The smallest absolute Gasteiger partial charge is 0.0724 e. The zero-order valence-corrected chi connectivity index (χ0v) is 13.2. The molecular formula is C19H27NO. The van der Waals surface area contributed by atoms with Gasteiger partial charge in [-0.2, -0.15) is 0 Å². The average molecular weight is 285 g/mol. The second kappa shape index (κ2) is 4.33. The molecule has 4 aliphatic rings. The zero-order valence-electron chi connectivity index (χ0n) is 13.2. The Morgan fingerprint density at radius 1 is 1.24 bits per heavy atom. The van der Waals surface area contributed by atoms with E-state index in [1.54, 1.807) is 11.1 Å². The molecule has 0 heterocycles. The first-order valence-electron chi connectivity index (χ1n) is 8.50. The van der Waals surface area contributed by atoms with E-state index in [4.69, 9.17) is 5.73 Å². The predicted molar refractivity (Wildman–Crippen MR) is 85.6 cm³/mol. The number of rotatable bonds is 0. The van der Waals surface area contributed by atoms with E-state index in [-0.39, 0.29) is 23.0 Å². The molecule has 0 aromatic rings. The maximum atomic E-state index is 9.96. The average Bonchev–Trinajstić information content (AvgIpc) is 2.76. The van der Waals surface area contributed by atoms with Crippen LogP contribution in [0.5, 0.6) is 0 Å². The standard InChI is InChI=1S/C19H27NO/c1-18-9-7-13(21)11-12(18)3-4-14-15-5-6-17(20)19(15,2)10-8-16(14)18/h5-7,9,12-13,16-17,21H,3-4,8,10-11,20H2,1-2H3/t12-,13+,16+,17+,18+,19+/m1/s1. The van der Waals surface area contributed by atoms with Gasteiger partial charge >= 0.3 is 0 Å². The van der Waals surface area contributed by atoms with Crippen molar-refractivity contribution in [1.29, 1.82) is 0 Å². The Morgan fingerprint density at radius 2 is 2.05 bits per heavy atom. The van der Waals surface area contributed by atoms with Gasteiger partial charge < -0.3 is 10.8 Å². The zero-order chi connectivity index (χ0) is 14.8. The Labute approximate surface area is 127 Å². The molecule has 1 fully saturated rings. The molecule has 0 amide bonds. The summed E-state index contributed by atoms with van der Waals surface area (Å²) in [6.07, 6.45) is 14.5. The van der Waals surface area contributed by atoms with Gasteiger partial charge in [-0.3, -0.25) is 0 Å². The molecule has 21 heavy (non-hydrogen) atoms. The lowest BCUT2D eigenvalue weighted by Crippen LogP contribution is -2.47. The molecule has 0 aliphatic heterocycles. The van der Waals surface area contributed by atoms with Crippen LogP contribution in [0.1, 0.15) is 46.0 Å². The summed E-state index contributed by atoms with van der Waals surface area (Å²) in [7, 11) is 0. The van der Waals surface area contributed by atoms with Crippen LogP contribution < -0.4 is 5.73 Å². The summed E-state index contributed by atoms with van der Waals surface area (Å²) >= 11 is 0. The number of fused-ring (bicyclic) bond motifs is 4. The largest absolute Gasteiger partial charge is 0.389 e. The highest BCUT2D eigenvalue weighted by Crippen LogP contribution is 2.60. The third-order valence-corrected chi connectivity index (χ3v) is 7.14. The number of aliphatic hydroxyl groups is 1. The van der Waals surface area contributed by atoms with Gasteiger partial charge in [0.25, 0.3) is 0 Å². The van der Waals surface area contributed by atoms with Gasteiger partial charge in [0.1, 0.15) is 0 Å². The van der Waals surface area contributed by atoms with Gasteiger partial charge in [0.15, 0.2) is 0 Å². The molecular weight excluding hydrogens is 258 g/mol. The summed E-state index contributed by atoms with van der Waals surface area (Å²) in [5.74, 6) is 1.29. The first-order chi connectivity index (χ1) is 9.95. The van der Waals surface area contributed by atoms with Crippen LogP contribution in [0.2, 0.25) is 0 Å². The minimum absolute atomic E-state index is 0.174. The normalized spacial score (nSPS) is 51.6. The number of hydrogen-bond acceptors (Lipinski definition) is 2. The van der Waals surface area contributed by atoms with Crippen LogP contribution in [0, 0.1) is 22.7 Å². The van der Waals surface area contributed by atoms with E-state index in [1.165, 1.54) is 25.7 Å². The highest BCUT2D eigenvalue weighted by Gasteiger charge is 2.52. The molecule has 0 saturated heterocycles. The molecule has 2 heteroatoms. The molecule has 0 spiro atoms. The molecule has 0 bridgehead atoms. The highest BCUT2D eigenvalue weighted by molar-refractivity contribution is 5.45. The van der Waals surface area contributed by atoms with Gasteiger partial charge in [0.05, 0.1) is 6.10 Å². The van der Waals surface area contributed by atoms with Crippen molar-refractivity contribution in [3.05, 3.63) is 35.5 Å². The quantitative estimate of drug-likeness (QED) is 0.671. The van der Waals surface area contributed by atoms with E-state index in [0.29, 0.717) is 11.8 Å². The first kappa shape index (κ1) is 13.8. The molecule has 3 N–H and O–H groups in total. The van der Waals surface area contributed by atoms with Crippen LogP contribution >= 0.6 is 0 Å². The number of allylic oxidation sites excluding steroid dienone is 3. The van der Waals surface area contributed by atoms with E-state index in [2.05, 4.69) is 32.1 Å². The highest BCUT2D eigenvalue weighted by atomic mass is 16.3. The van der Waals surface area contributed by atoms with Crippen LogP contribution in [-0.4, -0.2) is 17.3 Å². The van der Waals surface area contributed by atoms with E-state index >= 15 is 0 Å². The van der Waals surface area contributed by atoms with Gasteiger partial charge in [0, 0.05) is 11.5 Å². The number of nitrogens with two attached hydrogens (primary N) is 1. The van der Waals surface area contributed by atoms with Crippen molar-refractivity contribution in [3.63, 3.8) is 0 Å². The minimum Gasteiger partial charge on any atom is -0.389 e. The number of hydrogen-bond donors (Lipinski definition) is 2. The monoisotopic (exact) mass is 285 g/mol. The molecule has 0 radical (unpaired) electrons. The molecule has 6 atom stereocenters. The van der Waals surface area contributed by atoms with Crippen molar-refractivity contribution in [1.82, 2.24) is 0 Å². The van der Waals surface area contributed by atoms with Crippen LogP contribution in [0.4, 0.5) is 0 Å². The predicted octanol–water partition coefficient (Wildman–Crippen LogP) is 3.33. The maximum absolute atomic E-state index is 9.96. The SMILES string of the molecule is C[C@]12C=C[C@H](O)C[C@H]1CCC1=C3C=C[C@H](N)[C@@]3(C)CC[C@@H]12. The molecule has 0 aromatic heterocycles. The van der Waals surface area contributed by atoms with Crippen LogP contribution in [0.15, 0.2) is 35.5 Å². The van der Waals surface area contributed by atoms with Gasteiger partial charge in [-0.15, -0.1) is 0 Å². The summed E-state index contributed by atoms with van der Waals surface area (Å²) in [6, 6.07) is 0.190. The van der Waals surface area contributed by atoms with Crippen molar-refractivity contribution < 1.29 is 5.11 Å². The summed E-state index contributed by atoms with van der Waals surface area (Å²) in [4.78, 5) is 0. The molecule has 114 valence electrons. The second-order valence-electron chi connectivity index (χ2n) is 8.10. The molecule has 4 aliphatic carbocycles. The van der Waals surface area contributed by atoms with Crippen LogP contribution in [0.3, 0.4) is 0 Å². The summed E-state index contributed by atoms with van der Waals surface area (Å²) < 4.78 is 0. The lowest BCUT2D eigenvalue weighted by Gasteiger charge is -2.54. The molecule has 4 rings (SSSR count). The van der Waals surface area contributed by atoms with Crippen molar-refractivity contribution in [3.8, 4) is 0 Å². The fourth-order valence-corrected chi connectivity index (χ4v) is 5.60. The van der Waals surface area contributed by atoms with Crippen molar-refractivity contribution in [2.24, 2.45) is 28.4 Å². The molecule has 2 nitrogen and oxygen atoms in total. The fraction of sp³-hybridized carbons (Fsp3) is 0.684. The first-order valence-corrected chi connectivity index (χ1v) is 8.50. The van der Waals surface area contributed by atoms with Gasteiger partial charge in [-0.1, -0.05) is 43.7 Å². The maximum Gasteiger partial charge on any atom is 0.0724 e. The molecule has 0 unspecified atom stereocenters. The fourth-order valence-electron chi connectivity index (χ4n) is 5.60. The Kier molecular flexibility index (Phi) is 2.84.